The van der Waals surface area contributed by atoms with Gasteiger partial charge in [0.1, 0.15) is 42.2 Å². The van der Waals surface area contributed by atoms with Crippen LogP contribution in [0.4, 0.5) is 0 Å². The number of amides is 1. The molecule has 41 heavy (non-hydrogen) atoms. The maximum atomic E-state index is 13.0. The fraction of sp³-hybridized carbons (Fsp3) is 0.960. The van der Waals surface area contributed by atoms with E-state index in [9.17, 15) is 30.3 Å². The van der Waals surface area contributed by atoms with Crippen molar-refractivity contribution in [1.29, 1.82) is 0 Å². The van der Waals surface area contributed by atoms with Crippen molar-refractivity contribution >= 4 is 5.91 Å². The lowest BCUT2D eigenvalue weighted by atomic mass is 9.75. The number of carbonyl (C=O) groups excluding carboxylic acids is 1. The van der Waals surface area contributed by atoms with Gasteiger partial charge in [-0.25, -0.2) is 0 Å². The third-order valence-corrected chi connectivity index (χ3v) is 8.60. The van der Waals surface area contributed by atoms with Crippen molar-refractivity contribution < 1.29 is 49.3 Å². The van der Waals surface area contributed by atoms with E-state index >= 15 is 0 Å². The van der Waals surface area contributed by atoms with Crippen LogP contribution in [0.25, 0.3) is 0 Å². The molecule has 2 heterocycles. The topological polar surface area (TPSA) is 283 Å². The molecule has 16 nitrogen and oxygen atoms in total. The molecule has 2 saturated carbocycles. The van der Waals surface area contributed by atoms with Crippen molar-refractivity contribution in [1.82, 2.24) is 10.6 Å². The molecule has 0 radical (unpaired) electrons. The molecule has 0 aromatic carbocycles. The average molecular weight is 593 g/mol. The number of hydrogen-bond donors (Lipinski definition) is 11. The third-order valence-electron chi connectivity index (χ3n) is 8.60. The van der Waals surface area contributed by atoms with Crippen LogP contribution in [0.15, 0.2) is 0 Å². The lowest BCUT2D eigenvalue weighted by Gasteiger charge is -2.49. The first-order chi connectivity index (χ1) is 19.4. The Balaban J connectivity index is 1.53. The molecule has 0 aromatic heterocycles. The number of ether oxygens (including phenoxy) is 4. The van der Waals surface area contributed by atoms with Gasteiger partial charge in [-0.15, -0.1) is 0 Å². The summed E-state index contributed by atoms with van der Waals surface area (Å²) in [4.78, 5) is 13.0. The third kappa shape index (κ3) is 7.18. The van der Waals surface area contributed by atoms with Crippen molar-refractivity contribution in [3.8, 4) is 0 Å². The molecule has 238 valence electrons. The first-order valence-electron chi connectivity index (χ1n) is 14.4. The van der Waals surface area contributed by atoms with Crippen molar-refractivity contribution in [3.05, 3.63) is 0 Å². The van der Waals surface area contributed by atoms with Crippen LogP contribution in [-0.4, -0.2) is 142 Å². The summed E-state index contributed by atoms with van der Waals surface area (Å²) >= 11 is 0. The fourth-order valence-corrected chi connectivity index (χ4v) is 6.03. The number of nitrogens with two attached hydrogens (primary N) is 4. The van der Waals surface area contributed by atoms with E-state index in [1.807, 2.05) is 6.92 Å². The van der Waals surface area contributed by atoms with E-state index in [2.05, 4.69) is 10.6 Å². The molecule has 4 fully saturated rings. The van der Waals surface area contributed by atoms with Crippen LogP contribution in [0.3, 0.4) is 0 Å². The maximum absolute atomic E-state index is 13.0. The molecule has 13 atom stereocenters. The molecule has 15 N–H and O–H groups in total. The Labute approximate surface area is 239 Å². The largest absolute Gasteiger partial charge is 0.394 e. The van der Waals surface area contributed by atoms with Gasteiger partial charge in [0.25, 0.3) is 5.91 Å². The molecule has 0 spiro atoms. The van der Waals surface area contributed by atoms with E-state index in [0.717, 1.165) is 13.0 Å². The van der Waals surface area contributed by atoms with E-state index in [1.54, 1.807) is 0 Å². The van der Waals surface area contributed by atoms with Crippen LogP contribution in [0.1, 0.15) is 39.0 Å². The van der Waals surface area contributed by atoms with Crippen LogP contribution < -0.4 is 33.6 Å². The molecule has 0 bridgehead atoms. The average Bonchev–Trinajstić information content (AvgIpc) is 2.92. The summed E-state index contributed by atoms with van der Waals surface area (Å²) in [7, 11) is 0. The van der Waals surface area contributed by atoms with Crippen LogP contribution in [0.5, 0.6) is 0 Å². The zero-order valence-corrected chi connectivity index (χ0v) is 23.3. The SMILES string of the molecule is CCNC[C@@H]1CC[C@@H](N)[C@@H](OC2[C@@H](N)C[C@@H](NC(=O)C3(O)CC(N)C3)[C@H](O[C@H]3O[C@H](CO)[C@@H](O)[C@H](N)[C@H]3O)[C@H]2O)O1. The first-order valence-corrected chi connectivity index (χ1v) is 14.4. The van der Waals surface area contributed by atoms with E-state index < -0.39 is 91.5 Å². The van der Waals surface area contributed by atoms with Gasteiger partial charge in [-0.05, 0) is 25.8 Å². The number of rotatable bonds is 10. The number of likely N-dealkylation sites (N-methyl/N-ethyl adjacent to an activating group) is 1. The van der Waals surface area contributed by atoms with Crippen LogP contribution >= 0.6 is 0 Å². The number of aliphatic hydroxyl groups excluding tert-OH is 4. The van der Waals surface area contributed by atoms with E-state index in [4.69, 9.17) is 41.9 Å². The van der Waals surface area contributed by atoms with Crippen molar-refractivity contribution in [2.45, 2.75) is 130 Å². The second kappa shape index (κ2) is 13.7. The van der Waals surface area contributed by atoms with Gasteiger partial charge < -0.3 is 78.0 Å². The molecular formula is C25H48N6O10. The van der Waals surface area contributed by atoms with Gasteiger partial charge in [-0.2, -0.15) is 0 Å². The van der Waals surface area contributed by atoms with Gasteiger partial charge in [0.05, 0.1) is 30.8 Å². The zero-order valence-electron chi connectivity index (χ0n) is 23.3. The minimum Gasteiger partial charge on any atom is -0.394 e. The lowest BCUT2D eigenvalue weighted by Crippen LogP contribution is -2.70. The smallest absolute Gasteiger partial charge is 0.252 e. The Morgan fingerprint density at radius 1 is 0.951 bits per heavy atom. The number of nitrogens with one attached hydrogen (secondary N) is 2. The van der Waals surface area contributed by atoms with E-state index in [0.29, 0.717) is 13.0 Å². The predicted octanol–water partition coefficient (Wildman–Crippen LogP) is -5.61. The normalized spacial score (nSPS) is 48.8. The zero-order chi connectivity index (χ0) is 30.1. The molecule has 2 aliphatic heterocycles. The van der Waals surface area contributed by atoms with Crippen molar-refractivity contribution in [2.24, 2.45) is 22.9 Å². The molecule has 1 unspecified atom stereocenters. The molecule has 1 amide bonds. The number of hydrogen-bond acceptors (Lipinski definition) is 15. The van der Waals surface area contributed by atoms with Crippen LogP contribution in [0, 0.1) is 0 Å². The Morgan fingerprint density at radius 2 is 1.63 bits per heavy atom. The minimum absolute atomic E-state index is 0.0456. The van der Waals surface area contributed by atoms with Crippen molar-refractivity contribution in [3.63, 3.8) is 0 Å². The Hall–Kier alpha value is -1.09. The van der Waals surface area contributed by atoms with Crippen LogP contribution in [0.2, 0.25) is 0 Å². The Morgan fingerprint density at radius 3 is 2.27 bits per heavy atom. The second-order valence-corrected chi connectivity index (χ2v) is 11.8. The monoisotopic (exact) mass is 592 g/mol. The summed E-state index contributed by atoms with van der Waals surface area (Å²) in [5, 5.41) is 58.7. The van der Waals surface area contributed by atoms with E-state index in [1.165, 1.54) is 0 Å². The van der Waals surface area contributed by atoms with Gasteiger partial charge in [0.2, 0.25) is 0 Å². The molecule has 4 aliphatic rings. The van der Waals surface area contributed by atoms with Gasteiger partial charge in [-0.1, -0.05) is 6.92 Å². The van der Waals surface area contributed by atoms with Crippen LogP contribution in [-0.2, 0) is 23.7 Å². The molecular weight excluding hydrogens is 544 g/mol. The van der Waals surface area contributed by atoms with Gasteiger partial charge >= 0.3 is 0 Å². The number of carbonyl (C=O) groups is 1. The van der Waals surface area contributed by atoms with Gasteiger partial charge in [0, 0.05) is 31.5 Å². The highest BCUT2D eigenvalue weighted by Crippen LogP contribution is 2.34. The summed E-state index contributed by atoms with van der Waals surface area (Å²) in [5.41, 5.74) is 22.8. The quantitative estimate of drug-likeness (QED) is 0.113. The maximum Gasteiger partial charge on any atom is 0.252 e. The van der Waals surface area contributed by atoms with Gasteiger partial charge in [-0.3, -0.25) is 4.79 Å². The fourth-order valence-electron chi connectivity index (χ4n) is 6.03. The van der Waals surface area contributed by atoms with Gasteiger partial charge in [0.15, 0.2) is 12.6 Å². The first kappa shape index (κ1) is 32.8. The minimum atomic E-state index is -1.67. The molecule has 0 aromatic rings. The Kier molecular flexibility index (Phi) is 11.0. The summed E-state index contributed by atoms with van der Waals surface area (Å²) < 4.78 is 23.8. The second-order valence-electron chi connectivity index (χ2n) is 11.8. The molecule has 4 rings (SSSR count). The van der Waals surface area contributed by atoms with Crippen molar-refractivity contribution in [2.75, 3.05) is 19.7 Å². The van der Waals surface area contributed by atoms with E-state index in [-0.39, 0.29) is 31.4 Å². The lowest BCUT2D eigenvalue weighted by molar-refractivity contribution is -0.314. The molecule has 2 saturated heterocycles. The summed E-state index contributed by atoms with van der Waals surface area (Å²) in [6, 6.07) is -3.80. The highest BCUT2D eigenvalue weighted by Gasteiger charge is 2.53. The molecule has 16 heteroatoms. The summed E-state index contributed by atoms with van der Waals surface area (Å²) in [5.74, 6) is -0.703. The summed E-state index contributed by atoms with van der Waals surface area (Å²) in [6.45, 7) is 2.74. The highest BCUT2D eigenvalue weighted by molar-refractivity contribution is 5.86. The standard InChI is InChI=1S/C25H48N6O10/c1-2-30-8-11-3-4-12(27)22(38-11)40-20-13(28)5-14(31-24(36)25(37)6-10(26)7-25)21(19(20)35)41-23-18(34)16(29)17(33)15(9-32)39-23/h10-23,30,32-35,37H,2-9,26-29H2,1H3,(H,31,36)/t10?,11-,12+,13-,14+,15+,16-,17+,18+,19-,20?,21-,22+,23+,25?/m0/s1. The number of aliphatic hydroxyl groups is 5. The predicted molar refractivity (Wildman–Crippen MR) is 143 cm³/mol. The highest BCUT2D eigenvalue weighted by atomic mass is 16.7. The molecule has 2 aliphatic carbocycles. The Bertz CT molecular complexity index is 867. The summed E-state index contributed by atoms with van der Waals surface area (Å²) in [6.07, 6.45) is -8.88.